The Kier molecular flexibility index (Phi) is 5.96. The number of hydrogen-bond acceptors (Lipinski definition) is 4. The van der Waals surface area contributed by atoms with Gasteiger partial charge in [0.25, 0.3) is 0 Å². The van der Waals surface area contributed by atoms with Crippen LogP contribution in [0.15, 0.2) is 30.3 Å². The van der Waals surface area contributed by atoms with Crippen molar-refractivity contribution in [2.45, 2.75) is 26.4 Å². The van der Waals surface area contributed by atoms with Gasteiger partial charge in [0.15, 0.2) is 0 Å². The fraction of sp³-hybridized carbons (Fsp3) is 0.375. The van der Waals surface area contributed by atoms with E-state index in [4.69, 9.17) is 16.3 Å². The summed E-state index contributed by atoms with van der Waals surface area (Å²) in [5.41, 5.74) is 1.89. The largest absolute Gasteiger partial charge is 0.378 e. The summed E-state index contributed by atoms with van der Waals surface area (Å²) in [6, 6.07) is 9.69. The number of nitrogens with zero attached hydrogens (tertiary/aromatic N) is 2. The molecule has 0 aliphatic carbocycles. The molecule has 5 heteroatoms. The van der Waals surface area contributed by atoms with E-state index in [0.717, 1.165) is 40.9 Å². The molecular weight excluding hydrogens is 286 g/mol. The molecule has 1 aromatic heterocycles. The van der Waals surface area contributed by atoms with E-state index in [1.54, 1.807) is 7.11 Å². The summed E-state index contributed by atoms with van der Waals surface area (Å²) in [4.78, 5) is 9.09. The Balaban J connectivity index is 2.24. The van der Waals surface area contributed by atoms with Gasteiger partial charge in [-0.25, -0.2) is 9.97 Å². The summed E-state index contributed by atoms with van der Waals surface area (Å²) in [7, 11) is 1.66. The van der Waals surface area contributed by atoms with Gasteiger partial charge in [-0.2, -0.15) is 0 Å². The van der Waals surface area contributed by atoms with E-state index < -0.39 is 0 Å². The molecule has 1 heterocycles. The van der Waals surface area contributed by atoms with Crippen LogP contribution in [0, 0.1) is 0 Å². The minimum atomic E-state index is 0.471. The molecule has 1 aromatic carbocycles. The second kappa shape index (κ2) is 7.96. The summed E-state index contributed by atoms with van der Waals surface area (Å²) in [6.45, 7) is 3.47. The lowest BCUT2D eigenvalue weighted by Crippen LogP contribution is -2.08. The number of rotatable bonds is 7. The average Bonchev–Trinajstić information content (AvgIpc) is 2.48. The molecule has 0 saturated carbocycles. The minimum Gasteiger partial charge on any atom is -0.378 e. The lowest BCUT2D eigenvalue weighted by Gasteiger charge is -2.10. The van der Waals surface area contributed by atoms with E-state index in [1.807, 2.05) is 30.3 Å². The van der Waals surface area contributed by atoms with Crippen LogP contribution in [0.3, 0.4) is 0 Å². The predicted molar refractivity (Wildman–Crippen MR) is 85.8 cm³/mol. The van der Waals surface area contributed by atoms with E-state index in [1.165, 1.54) is 0 Å². The Morgan fingerprint density at radius 1 is 1.24 bits per heavy atom. The second-order valence-electron chi connectivity index (χ2n) is 4.79. The average molecular weight is 306 g/mol. The van der Waals surface area contributed by atoms with Gasteiger partial charge in [-0.05, 0) is 18.1 Å². The van der Waals surface area contributed by atoms with Crippen LogP contribution in [0.25, 0.3) is 0 Å². The maximum atomic E-state index is 6.20. The maximum absolute atomic E-state index is 6.20. The number of benzene rings is 1. The first-order valence-electron chi connectivity index (χ1n) is 7.06. The summed E-state index contributed by atoms with van der Waals surface area (Å²) in [5, 5.41) is 4.03. The van der Waals surface area contributed by atoms with Crippen molar-refractivity contribution >= 4 is 17.4 Å². The van der Waals surface area contributed by atoms with Gasteiger partial charge in [0.05, 0.1) is 12.3 Å². The minimum absolute atomic E-state index is 0.471. The van der Waals surface area contributed by atoms with Crippen molar-refractivity contribution in [2.24, 2.45) is 0 Å². The lowest BCUT2D eigenvalue weighted by atomic mass is 10.1. The number of ether oxygens (including phenoxy) is 1. The zero-order valence-corrected chi connectivity index (χ0v) is 13.2. The van der Waals surface area contributed by atoms with Crippen LogP contribution in [-0.2, 0) is 17.8 Å². The van der Waals surface area contributed by atoms with Gasteiger partial charge >= 0.3 is 0 Å². The van der Waals surface area contributed by atoms with Crippen molar-refractivity contribution in [3.8, 4) is 0 Å². The summed E-state index contributed by atoms with van der Waals surface area (Å²) >= 11 is 6.20. The van der Waals surface area contributed by atoms with Crippen molar-refractivity contribution in [3.63, 3.8) is 0 Å². The standard InChI is InChI=1S/C16H20ClN3O/c1-3-8-18-15-10-13(11-21-2)19-16(20-15)9-12-6-4-5-7-14(12)17/h4-7,10H,3,8-9,11H2,1-2H3,(H,18,19,20). The normalized spacial score (nSPS) is 10.6. The monoisotopic (exact) mass is 305 g/mol. The van der Waals surface area contributed by atoms with Crippen LogP contribution in [0.4, 0.5) is 5.82 Å². The number of hydrogen-bond donors (Lipinski definition) is 1. The molecule has 4 nitrogen and oxygen atoms in total. The molecule has 0 atom stereocenters. The van der Waals surface area contributed by atoms with Crippen molar-refractivity contribution < 1.29 is 4.74 Å². The number of anilines is 1. The summed E-state index contributed by atoms with van der Waals surface area (Å²) in [5.74, 6) is 1.58. The molecule has 112 valence electrons. The van der Waals surface area contributed by atoms with E-state index in [-0.39, 0.29) is 0 Å². The third-order valence-electron chi connectivity index (χ3n) is 2.98. The lowest BCUT2D eigenvalue weighted by molar-refractivity contribution is 0.181. The Hall–Kier alpha value is -1.65. The van der Waals surface area contributed by atoms with Crippen LogP contribution in [0.1, 0.15) is 30.4 Å². The Morgan fingerprint density at radius 2 is 2.05 bits per heavy atom. The number of nitrogens with one attached hydrogen (secondary N) is 1. The van der Waals surface area contributed by atoms with Crippen LogP contribution in [0.2, 0.25) is 5.02 Å². The van der Waals surface area contributed by atoms with Gasteiger partial charge in [-0.3, -0.25) is 0 Å². The van der Waals surface area contributed by atoms with E-state index in [2.05, 4.69) is 22.2 Å². The first-order valence-corrected chi connectivity index (χ1v) is 7.43. The van der Waals surface area contributed by atoms with Crippen LogP contribution in [-0.4, -0.2) is 23.6 Å². The third-order valence-corrected chi connectivity index (χ3v) is 3.35. The van der Waals surface area contributed by atoms with Crippen LogP contribution < -0.4 is 5.32 Å². The smallest absolute Gasteiger partial charge is 0.135 e. The molecule has 0 bridgehead atoms. The topological polar surface area (TPSA) is 47.0 Å². The molecule has 0 aliphatic heterocycles. The van der Waals surface area contributed by atoms with E-state index in [9.17, 15) is 0 Å². The van der Waals surface area contributed by atoms with E-state index >= 15 is 0 Å². The zero-order chi connectivity index (χ0) is 15.1. The number of halogens is 1. The molecule has 0 fully saturated rings. The zero-order valence-electron chi connectivity index (χ0n) is 12.4. The van der Waals surface area contributed by atoms with Crippen molar-refractivity contribution in [3.05, 3.63) is 52.4 Å². The summed E-state index contributed by atoms with van der Waals surface area (Å²) in [6.07, 6.45) is 1.65. The fourth-order valence-electron chi connectivity index (χ4n) is 2.01. The first kappa shape index (κ1) is 15.7. The second-order valence-corrected chi connectivity index (χ2v) is 5.20. The highest BCUT2D eigenvalue weighted by atomic mass is 35.5. The van der Waals surface area contributed by atoms with Crippen LogP contribution in [0.5, 0.6) is 0 Å². The highest BCUT2D eigenvalue weighted by Crippen LogP contribution is 2.18. The van der Waals surface area contributed by atoms with Crippen molar-refractivity contribution in [1.82, 2.24) is 9.97 Å². The van der Waals surface area contributed by atoms with Crippen molar-refractivity contribution in [2.75, 3.05) is 19.0 Å². The molecule has 2 rings (SSSR count). The van der Waals surface area contributed by atoms with Gasteiger partial charge < -0.3 is 10.1 Å². The van der Waals surface area contributed by atoms with E-state index in [0.29, 0.717) is 13.0 Å². The first-order chi connectivity index (χ1) is 10.2. The molecule has 2 aromatic rings. The predicted octanol–water partition coefficient (Wildman–Crippen LogP) is 3.69. The molecule has 0 aliphatic rings. The van der Waals surface area contributed by atoms with Gasteiger partial charge in [0.1, 0.15) is 11.6 Å². The summed E-state index contributed by atoms with van der Waals surface area (Å²) < 4.78 is 5.17. The van der Waals surface area contributed by atoms with Crippen molar-refractivity contribution in [1.29, 1.82) is 0 Å². The molecule has 0 amide bonds. The quantitative estimate of drug-likeness (QED) is 0.847. The third kappa shape index (κ3) is 4.69. The highest BCUT2D eigenvalue weighted by molar-refractivity contribution is 6.31. The molecule has 1 N–H and O–H groups in total. The number of aromatic nitrogens is 2. The molecule has 0 spiro atoms. The van der Waals surface area contributed by atoms with Gasteiger partial charge in [0.2, 0.25) is 0 Å². The fourth-order valence-corrected chi connectivity index (χ4v) is 2.21. The molecule has 0 saturated heterocycles. The Morgan fingerprint density at radius 3 is 2.76 bits per heavy atom. The Bertz CT molecular complexity index is 589. The highest BCUT2D eigenvalue weighted by Gasteiger charge is 2.07. The number of methoxy groups -OCH3 is 1. The Labute approximate surface area is 130 Å². The molecule has 0 radical (unpaired) electrons. The van der Waals surface area contributed by atoms with Gasteiger partial charge in [-0.15, -0.1) is 0 Å². The SMILES string of the molecule is CCCNc1cc(COC)nc(Cc2ccccc2Cl)n1. The molecule has 21 heavy (non-hydrogen) atoms. The van der Waals surface area contributed by atoms with Crippen LogP contribution >= 0.6 is 11.6 Å². The molecular formula is C16H20ClN3O. The van der Waals surface area contributed by atoms with Gasteiger partial charge in [0, 0.05) is 31.2 Å². The molecule has 0 unspecified atom stereocenters. The van der Waals surface area contributed by atoms with Gasteiger partial charge in [-0.1, -0.05) is 36.7 Å². The maximum Gasteiger partial charge on any atom is 0.135 e.